The van der Waals surface area contributed by atoms with Gasteiger partial charge < -0.3 is 18.9 Å². The third-order valence-corrected chi connectivity index (χ3v) is 8.98. The molecule has 8 nitrogen and oxygen atoms in total. The number of benzene rings is 2. The van der Waals surface area contributed by atoms with Crippen molar-refractivity contribution < 1.29 is 22.7 Å². The summed E-state index contributed by atoms with van der Waals surface area (Å²) in [5, 5.41) is 0. The summed E-state index contributed by atoms with van der Waals surface area (Å²) in [7, 11) is -0.512. The molecule has 37 heavy (non-hydrogen) atoms. The zero-order valence-corrected chi connectivity index (χ0v) is 22.9. The summed E-state index contributed by atoms with van der Waals surface area (Å²) in [4.78, 5) is 15.4. The van der Waals surface area contributed by atoms with Crippen molar-refractivity contribution in [2.24, 2.45) is 0 Å². The second-order valence-corrected chi connectivity index (χ2v) is 11.5. The van der Waals surface area contributed by atoms with E-state index < -0.39 is 10.0 Å². The third kappa shape index (κ3) is 5.58. The molecule has 1 aliphatic heterocycles. The number of likely N-dealkylation sites (N-methyl/N-ethyl adjacent to an activating group) is 1. The first-order valence-electron chi connectivity index (χ1n) is 12.3. The summed E-state index contributed by atoms with van der Waals surface area (Å²) in [6.07, 6.45) is 2.02. The van der Waals surface area contributed by atoms with E-state index in [0.717, 1.165) is 33.7 Å². The second-order valence-electron chi connectivity index (χ2n) is 9.50. The molecule has 0 fully saturated rings. The average Bonchev–Trinajstić information content (AvgIpc) is 3.34. The minimum absolute atomic E-state index is 0.111. The number of rotatable bonds is 9. The molecule has 1 amide bonds. The van der Waals surface area contributed by atoms with Crippen LogP contribution in [0.1, 0.15) is 34.0 Å². The molecule has 198 valence electrons. The summed E-state index contributed by atoms with van der Waals surface area (Å²) in [6.45, 7) is 6.94. The molecule has 4 rings (SSSR count). The van der Waals surface area contributed by atoms with Crippen LogP contribution in [-0.2, 0) is 26.1 Å². The predicted octanol–water partition coefficient (Wildman–Crippen LogP) is 3.69. The van der Waals surface area contributed by atoms with Gasteiger partial charge in [-0.15, -0.1) is 0 Å². The largest absolute Gasteiger partial charge is 0.497 e. The van der Waals surface area contributed by atoms with Crippen molar-refractivity contribution in [2.45, 2.75) is 38.3 Å². The molecular formula is C28H35N3O5S. The molecular weight excluding hydrogens is 490 g/mol. The van der Waals surface area contributed by atoms with Gasteiger partial charge in [0.05, 0.1) is 24.7 Å². The SMILES string of the molecule is COc1cccc(C2c3cccn3CCN2C(=O)COCCN(C)S(=O)(=O)c2c(C)cc(C)cc2C)c1. The van der Waals surface area contributed by atoms with Crippen LogP contribution < -0.4 is 4.74 Å². The lowest BCUT2D eigenvalue weighted by atomic mass is 9.99. The number of hydrogen-bond donors (Lipinski definition) is 0. The first-order valence-corrected chi connectivity index (χ1v) is 13.8. The highest BCUT2D eigenvalue weighted by Crippen LogP contribution is 2.34. The number of aromatic nitrogens is 1. The fourth-order valence-electron chi connectivity index (χ4n) is 5.10. The molecule has 0 bridgehead atoms. The van der Waals surface area contributed by atoms with Crippen LogP contribution >= 0.6 is 0 Å². The van der Waals surface area contributed by atoms with E-state index in [4.69, 9.17) is 9.47 Å². The van der Waals surface area contributed by atoms with Crippen molar-refractivity contribution in [3.05, 3.63) is 82.7 Å². The summed E-state index contributed by atoms with van der Waals surface area (Å²) >= 11 is 0. The van der Waals surface area contributed by atoms with Crippen LogP contribution in [0.25, 0.3) is 0 Å². The van der Waals surface area contributed by atoms with Gasteiger partial charge in [-0.2, -0.15) is 4.31 Å². The first kappa shape index (κ1) is 26.9. The molecule has 1 aromatic heterocycles. The number of nitrogens with zero attached hydrogens (tertiary/aromatic N) is 3. The van der Waals surface area contributed by atoms with E-state index in [2.05, 4.69) is 4.57 Å². The Kier molecular flexibility index (Phi) is 8.06. The minimum atomic E-state index is -3.67. The number of methoxy groups -OCH3 is 1. The maximum Gasteiger partial charge on any atom is 0.249 e. The smallest absolute Gasteiger partial charge is 0.249 e. The fourth-order valence-corrected chi connectivity index (χ4v) is 6.66. The van der Waals surface area contributed by atoms with Crippen molar-refractivity contribution >= 4 is 15.9 Å². The highest BCUT2D eigenvalue weighted by Gasteiger charge is 2.32. The van der Waals surface area contributed by atoms with Gasteiger partial charge in [0.2, 0.25) is 15.9 Å². The number of fused-ring (bicyclic) bond motifs is 1. The summed E-state index contributed by atoms with van der Waals surface area (Å²) < 4.78 is 40.9. The normalized spacial score (nSPS) is 15.6. The highest BCUT2D eigenvalue weighted by molar-refractivity contribution is 7.89. The second kappa shape index (κ2) is 11.1. The third-order valence-electron chi connectivity index (χ3n) is 6.82. The molecule has 1 aliphatic rings. The molecule has 3 aromatic rings. The van der Waals surface area contributed by atoms with Crippen LogP contribution in [0.4, 0.5) is 0 Å². The van der Waals surface area contributed by atoms with E-state index in [-0.39, 0.29) is 31.7 Å². The molecule has 1 unspecified atom stereocenters. The van der Waals surface area contributed by atoms with Gasteiger partial charge in [0.15, 0.2) is 0 Å². The van der Waals surface area contributed by atoms with E-state index in [9.17, 15) is 13.2 Å². The zero-order valence-electron chi connectivity index (χ0n) is 22.1. The molecule has 0 saturated carbocycles. The first-order chi connectivity index (χ1) is 17.6. The Morgan fingerprint density at radius 1 is 1.05 bits per heavy atom. The van der Waals surface area contributed by atoms with Gasteiger partial charge in [0.25, 0.3) is 0 Å². The van der Waals surface area contributed by atoms with Crippen LogP contribution in [0.15, 0.2) is 59.6 Å². The lowest BCUT2D eigenvalue weighted by Gasteiger charge is -2.37. The van der Waals surface area contributed by atoms with Gasteiger partial charge in [0.1, 0.15) is 12.4 Å². The standard InChI is InChI=1S/C28H35N3O5S/c1-20-16-21(2)28(22(3)17-20)37(33,34)29(4)14-15-36-19-26(32)31-13-12-30-11-7-10-25(30)27(31)23-8-6-9-24(18-23)35-5/h6-11,16-18,27H,12-15,19H2,1-5H3. The Morgan fingerprint density at radius 2 is 1.78 bits per heavy atom. The van der Waals surface area contributed by atoms with E-state index in [1.807, 2.05) is 80.4 Å². The van der Waals surface area contributed by atoms with Crippen LogP contribution in [0, 0.1) is 20.8 Å². The van der Waals surface area contributed by atoms with Gasteiger partial charge >= 0.3 is 0 Å². The van der Waals surface area contributed by atoms with Gasteiger partial charge in [-0.25, -0.2) is 8.42 Å². The van der Waals surface area contributed by atoms with Crippen molar-refractivity contribution in [3.8, 4) is 5.75 Å². The zero-order chi connectivity index (χ0) is 26.7. The Balaban J connectivity index is 1.41. The van der Waals surface area contributed by atoms with Crippen LogP contribution in [0.5, 0.6) is 5.75 Å². The quantitative estimate of drug-likeness (QED) is 0.398. The van der Waals surface area contributed by atoms with Crippen LogP contribution in [-0.4, -0.2) is 68.6 Å². The average molecular weight is 526 g/mol. The highest BCUT2D eigenvalue weighted by atomic mass is 32.2. The van der Waals surface area contributed by atoms with E-state index in [1.54, 1.807) is 7.11 Å². The van der Waals surface area contributed by atoms with Gasteiger partial charge in [-0.05, 0) is 61.7 Å². The van der Waals surface area contributed by atoms with Crippen molar-refractivity contribution in [1.29, 1.82) is 0 Å². The fraction of sp³-hybridized carbons (Fsp3) is 0.393. The number of sulfonamides is 1. The molecule has 1 atom stereocenters. The lowest BCUT2D eigenvalue weighted by molar-refractivity contribution is -0.138. The topological polar surface area (TPSA) is 81.1 Å². The monoisotopic (exact) mass is 525 g/mol. The van der Waals surface area contributed by atoms with E-state index in [1.165, 1.54) is 11.4 Å². The van der Waals surface area contributed by atoms with Gasteiger partial charge in [0, 0.05) is 38.6 Å². The number of amides is 1. The molecule has 0 N–H and O–H groups in total. The number of ether oxygens (including phenoxy) is 2. The molecule has 2 aromatic carbocycles. The number of carbonyl (C=O) groups excluding carboxylic acids is 1. The molecule has 0 aliphatic carbocycles. The number of aryl methyl sites for hydroxylation is 3. The molecule has 2 heterocycles. The Bertz CT molecular complexity index is 1360. The maximum absolute atomic E-state index is 13.3. The Labute approximate surface area is 219 Å². The number of hydrogen-bond acceptors (Lipinski definition) is 5. The minimum Gasteiger partial charge on any atom is -0.497 e. The summed E-state index contributed by atoms with van der Waals surface area (Å²) in [6, 6.07) is 15.2. The van der Waals surface area contributed by atoms with Crippen molar-refractivity contribution in [3.63, 3.8) is 0 Å². The van der Waals surface area contributed by atoms with E-state index >= 15 is 0 Å². The molecule has 0 radical (unpaired) electrons. The number of carbonyl (C=O) groups is 1. The van der Waals surface area contributed by atoms with Gasteiger partial charge in [-0.3, -0.25) is 4.79 Å². The Morgan fingerprint density at radius 3 is 2.49 bits per heavy atom. The molecule has 0 saturated heterocycles. The lowest BCUT2D eigenvalue weighted by Crippen LogP contribution is -2.44. The van der Waals surface area contributed by atoms with Crippen LogP contribution in [0.2, 0.25) is 0 Å². The Hall–Kier alpha value is -3.14. The molecule has 9 heteroatoms. The maximum atomic E-state index is 13.3. The summed E-state index contributed by atoms with van der Waals surface area (Å²) in [5.74, 6) is 0.587. The summed E-state index contributed by atoms with van der Waals surface area (Å²) in [5.41, 5.74) is 4.46. The molecule has 0 spiro atoms. The van der Waals surface area contributed by atoms with Gasteiger partial charge in [-0.1, -0.05) is 29.8 Å². The van der Waals surface area contributed by atoms with Crippen molar-refractivity contribution in [1.82, 2.24) is 13.8 Å². The predicted molar refractivity (Wildman–Crippen MR) is 142 cm³/mol. The van der Waals surface area contributed by atoms with E-state index in [0.29, 0.717) is 18.0 Å². The van der Waals surface area contributed by atoms with Crippen molar-refractivity contribution in [2.75, 3.05) is 40.5 Å². The van der Waals surface area contributed by atoms with Crippen LogP contribution in [0.3, 0.4) is 0 Å².